The molecule has 2 heterocycles. The molecule has 0 saturated heterocycles. The van der Waals surface area contributed by atoms with Gasteiger partial charge in [0, 0.05) is 32.8 Å². The number of aromatic nitrogens is 3. The molecule has 0 aliphatic rings. The van der Waals surface area contributed by atoms with E-state index in [1.54, 1.807) is 6.20 Å². The molecule has 0 bridgehead atoms. The van der Waals surface area contributed by atoms with Gasteiger partial charge in [-0.25, -0.2) is 9.97 Å². The first kappa shape index (κ1) is 11.7. The van der Waals surface area contributed by atoms with Gasteiger partial charge in [0.05, 0.1) is 5.69 Å². The second kappa shape index (κ2) is 4.37. The predicted molar refractivity (Wildman–Crippen MR) is 76.8 cm³/mol. The Morgan fingerprint density at radius 3 is 2.89 bits per heavy atom. The Morgan fingerprint density at radius 1 is 1.28 bits per heavy atom. The molecule has 3 aromatic rings. The fraction of sp³-hybridized carbons (Fsp3) is 0.0769. The topological polar surface area (TPSA) is 41.6 Å². The van der Waals surface area contributed by atoms with Crippen LogP contribution in [0.25, 0.3) is 22.2 Å². The molecule has 1 aromatic carbocycles. The number of hydrogen-bond donors (Lipinski definition) is 1. The van der Waals surface area contributed by atoms with Crippen LogP contribution < -0.4 is 0 Å². The van der Waals surface area contributed by atoms with Gasteiger partial charge in [0.15, 0.2) is 0 Å². The number of halogens is 2. The highest BCUT2D eigenvalue weighted by molar-refractivity contribution is 9.10. The quantitative estimate of drug-likeness (QED) is 0.677. The van der Waals surface area contributed by atoms with Crippen molar-refractivity contribution >= 4 is 38.4 Å². The SMILES string of the molecule is Cc1[nH]c2ccc(Br)cc2c1-c1ccnc(Cl)n1. The number of rotatable bonds is 1. The zero-order valence-corrected chi connectivity index (χ0v) is 11.9. The number of benzene rings is 1. The number of nitrogens with zero attached hydrogens (tertiary/aromatic N) is 2. The Balaban J connectivity index is 2.34. The summed E-state index contributed by atoms with van der Waals surface area (Å²) in [6.45, 7) is 2.03. The second-order valence-electron chi connectivity index (χ2n) is 4.03. The third kappa shape index (κ3) is 1.91. The molecule has 1 N–H and O–H groups in total. The number of fused-ring (bicyclic) bond motifs is 1. The summed E-state index contributed by atoms with van der Waals surface area (Å²) in [4.78, 5) is 11.5. The first-order chi connectivity index (χ1) is 8.65. The average Bonchev–Trinajstić information content (AvgIpc) is 2.64. The first-order valence-corrected chi connectivity index (χ1v) is 6.59. The summed E-state index contributed by atoms with van der Waals surface area (Å²) in [5.41, 5.74) is 4.05. The maximum absolute atomic E-state index is 5.85. The van der Waals surface area contributed by atoms with Crippen molar-refractivity contribution in [3.05, 3.63) is 45.9 Å². The van der Waals surface area contributed by atoms with Crippen molar-refractivity contribution in [3.8, 4) is 11.3 Å². The van der Waals surface area contributed by atoms with E-state index in [0.29, 0.717) is 0 Å². The maximum Gasteiger partial charge on any atom is 0.222 e. The Morgan fingerprint density at radius 2 is 2.11 bits per heavy atom. The lowest BCUT2D eigenvalue weighted by Gasteiger charge is -2.01. The molecule has 0 saturated carbocycles. The van der Waals surface area contributed by atoms with Gasteiger partial charge in [-0.1, -0.05) is 15.9 Å². The third-order valence-electron chi connectivity index (χ3n) is 2.83. The molecule has 0 amide bonds. The van der Waals surface area contributed by atoms with Gasteiger partial charge < -0.3 is 4.98 Å². The number of H-pyrrole nitrogens is 1. The highest BCUT2D eigenvalue weighted by Crippen LogP contribution is 2.32. The van der Waals surface area contributed by atoms with Crippen LogP contribution in [0.15, 0.2) is 34.9 Å². The zero-order valence-electron chi connectivity index (χ0n) is 9.54. The number of hydrogen-bond acceptors (Lipinski definition) is 2. The predicted octanol–water partition coefficient (Wildman–Crippen LogP) is 4.35. The number of nitrogens with one attached hydrogen (secondary N) is 1. The van der Waals surface area contributed by atoms with Crippen LogP contribution in [-0.2, 0) is 0 Å². The van der Waals surface area contributed by atoms with E-state index in [4.69, 9.17) is 11.6 Å². The largest absolute Gasteiger partial charge is 0.358 e. The van der Waals surface area contributed by atoms with E-state index in [0.717, 1.165) is 32.3 Å². The highest BCUT2D eigenvalue weighted by Gasteiger charge is 2.12. The van der Waals surface area contributed by atoms with Crippen molar-refractivity contribution in [2.24, 2.45) is 0 Å². The smallest absolute Gasteiger partial charge is 0.222 e. The molecular formula is C13H9BrClN3. The molecule has 0 aliphatic heterocycles. The van der Waals surface area contributed by atoms with Crippen molar-refractivity contribution in [1.29, 1.82) is 0 Å². The Bertz CT molecular complexity index is 736. The number of aromatic amines is 1. The van der Waals surface area contributed by atoms with Gasteiger partial charge in [-0.3, -0.25) is 0 Å². The van der Waals surface area contributed by atoms with Crippen LogP contribution in [0.5, 0.6) is 0 Å². The molecule has 0 atom stereocenters. The standard InChI is InChI=1S/C13H9BrClN3/c1-7-12(11-4-5-16-13(15)18-11)9-6-8(14)2-3-10(9)17-7/h2-6,17H,1H3. The summed E-state index contributed by atoms with van der Waals surface area (Å²) in [6, 6.07) is 7.99. The summed E-state index contributed by atoms with van der Waals surface area (Å²) in [7, 11) is 0. The van der Waals surface area contributed by atoms with Gasteiger partial charge in [0.2, 0.25) is 5.28 Å². The van der Waals surface area contributed by atoms with Gasteiger partial charge in [0.1, 0.15) is 0 Å². The molecule has 5 heteroatoms. The minimum absolute atomic E-state index is 0.260. The van der Waals surface area contributed by atoms with Crippen LogP contribution in [0.2, 0.25) is 5.28 Å². The van der Waals surface area contributed by atoms with E-state index < -0.39 is 0 Å². The van der Waals surface area contributed by atoms with Crippen molar-refractivity contribution in [3.63, 3.8) is 0 Å². The molecule has 0 aliphatic carbocycles. The lowest BCUT2D eigenvalue weighted by molar-refractivity contribution is 1.17. The van der Waals surface area contributed by atoms with Crippen LogP contribution in [-0.4, -0.2) is 15.0 Å². The molecule has 3 nitrogen and oxygen atoms in total. The summed E-state index contributed by atoms with van der Waals surface area (Å²) < 4.78 is 1.04. The first-order valence-electron chi connectivity index (χ1n) is 5.42. The van der Waals surface area contributed by atoms with Crippen molar-refractivity contribution in [2.45, 2.75) is 6.92 Å². The Labute approximate surface area is 117 Å². The molecule has 0 unspecified atom stereocenters. The van der Waals surface area contributed by atoms with E-state index in [2.05, 4.69) is 36.9 Å². The van der Waals surface area contributed by atoms with Crippen LogP contribution >= 0.6 is 27.5 Å². The minimum Gasteiger partial charge on any atom is -0.358 e. The molecule has 0 fully saturated rings. The molecule has 2 aromatic heterocycles. The molecule has 18 heavy (non-hydrogen) atoms. The molecular weight excluding hydrogens is 314 g/mol. The van der Waals surface area contributed by atoms with Gasteiger partial charge in [0.25, 0.3) is 0 Å². The van der Waals surface area contributed by atoms with Gasteiger partial charge in [-0.05, 0) is 42.8 Å². The molecule has 3 rings (SSSR count). The van der Waals surface area contributed by atoms with Crippen LogP contribution in [0, 0.1) is 6.92 Å². The Hall–Kier alpha value is -1.39. The third-order valence-corrected chi connectivity index (χ3v) is 3.51. The lowest BCUT2D eigenvalue weighted by Crippen LogP contribution is -1.87. The zero-order chi connectivity index (χ0) is 12.7. The summed E-state index contributed by atoms with van der Waals surface area (Å²) in [6.07, 6.45) is 1.67. The molecule has 0 spiro atoms. The van der Waals surface area contributed by atoms with Gasteiger partial charge >= 0.3 is 0 Å². The van der Waals surface area contributed by atoms with E-state index >= 15 is 0 Å². The Kier molecular flexibility index (Phi) is 2.84. The van der Waals surface area contributed by atoms with E-state index in [1.165, 1.54) is 0 Å². The fourth-order valence-electron chi connectivity index (χ4n) is 2.10. The lowest BCUT2D eigenvalue weighted by atomic mass is 10.1. The minimum atomic E-state index is 0.260. The van der Waals surface area contributed by atoms with Crippen molar-refractivity contribution in [2.75, 3.05) is 0 Å². The highest BCUT2D eigenvalue weighted by atomic mass is 79.9. The monoisotopic (exact) mass is 321 g/mol. The summed E-state index contributed by atoms with van der Waals surface area (Å²) >= 11 is 9.35. The van der Waals surface area contributed by atoms with E-state index in [1.807, 2.05) is 25.1 Å². The fourth-order valence-corrected chi connectivity index (χ4v) is 2.61. The van der Waals surface area contributed by atoms with Crippen molar-refractivity contribution in [1.82, 2.24) is 15.0 Å². The van der Waals surface area contributed by atoms with Crippen molar-refractivity contribution < 1.29 is 0 Å². The van der Waals surface area contributed by atoms with Crippen LogP contribution in [0.1, 0.15) is 5.69 Å². The second-order valence-corrected chi connectivity index (χ2v) is 5.28. The van der Waals surface area contributed by atoms with Crippen LogP contribution in [0.3, 0.4) is 0 Å². The normalized spacial score (nSPS) is 11.1. The number of aryl methyl sites for hydroxylation is 1. The summed E-state index contributed by atoms with van der Waals surface area (Å²) in [5, 5.41) is 1.38. The van der Waals surface area contributed by atoms with Gasteiger partial charge in [-0.15, -0.1) is 0 Å². The maximum atomic E-state index is 5.85. The average molecular weight is 323 g/mol. The van der Waals surface area contributed by atoms with E-state index in [9.17, 15) is 0 Å². The van der Waals surface area contributed by atoms with Gasteiger partial charge in [-0.2, -0.15) is 0 Å². The van der Waals surface area contributed by atoms with Crippen LogP contribution in [0.4, 0.5) is 0 Å². The summed E-state index contributed by atoms with van der Waals surface area (Å²) in [5.74, 6) is 0. The molecule has 0 radical (unpaired) electrons. The van der Waals surface area contributed by atoms with E-state index in [-0.39, 0.29) is 5.28 Å². The molecule has 90 valence electrons.